The Kier molecular flexibility index (Phi) is 5.39. The summed E-state index contributed by atoms with van der Waals surface area (Å²) in [5.74, 6) is -2.08. The van der Waals surface area contributed by atoms with Gasteiger partial charge >= 0.3 is 6.18 Å². The number of carbonyl (C=O) groups excluding carboxylic acids is 3. The summed E-state index contributed by atoms with van der Waals surface area (Å²) in [6.07, 6.45) is -4.93. The van der Waals surface area contributed by atoms with E-state index in [1.54, 1.807) is 12.1 Å². The highest BCUT2D eigenvalue weighted by Gasteiger charge is 2.40. The van der Waals surface area contributed by atoms with Crippen molar-refractivity contribution in [2.45, 2.75) is 18.6 Å². The Bertz CT molecular complexity index is 949. The van der Waals surface area contributed by atoms with Crippen LogP contribution in [0.25, 0.3) is 0 Å². The van der Waals surface area contributed by atoms with E-state index in [4.69, 9.17) is 11.6 Å². The van der Waals surface area contributed by atoms with Crippen molar-refractivity contribution in [1.82, 2.24) is 10.9 Å². The minimum absolute atomic E-state index is 0.156. The van der Waals surface area contributed by atoms with Crippen LogP contribution >= 0.6 is 11.6 Å². The molecule has 1 heterocycles. The molecule has 0 saturated carbocycles. The van der Waals surface area contributed by atoms with Crippen LogP contribution in [-0.2, 0) is 15.8 Å². The van der Waals surface area contributed by atoms with Crippen LogP contribution in [0.1, 0.15) is 22.3 Å². The van der Waals surface area contributed by atoms with Gasteiger partial charge < -0.3 is 0 Å². The van der Waals surface area contributed by atoms with Gasteiger partial charge in [0.1, 0.15) is 6.04 Å². The van der Waals surface area contributed by atoms with Gasteiger partial charge in [0, 0.05) is 0 Å². The minimum Gasteiger partial charge on any atom is -0.287 e. The summed E-state index contributed by atoms with van der Waals surface area (Å²) in [7, 11) is 0. The minimum atomic E-state index is -4.61. The number of rotatable bonds is 4. The fourth-order valence-corrected chi connectivity index (χ4v) is 2.92. The van der Waals surface area contributed by atoms with Crippen molar-refractivity contribution in [3.63, 3.8) is 0 Å². The van der Waals surface area contributed by atoms with Gasteiger partial charge in [-0.15, -0.1) is 0 Å². The molecule has 3 rings (SSSR count). The van der Waals surface area contributed by atoms with Crippen LogP contribution in [0.3, 0.4) is 0 Å². The predicted molar refractivity (Wildman–Crippen MR) is 94.4 cm³/mol. The first-order valence-corrected chi connectivity index (χ1v) is 8.40. The van der Waals surface area contributed by atoms with Crippen molar-refractivity contribution in [3.05, 3.63) is 64.7 Å². The number of benzene rings is 2. The van der Waals surface area contributed by atoms with Gasteiger partial charge in [-0.05, 0) is 30.3 Å². The molecule has 0 bridgehead atoms. The summed E-state index contributed by atoms with van der Waals surface area (Å²) >= 11 is 5.91. The third kappa shape index (κ3) is 4.00. The molecule has 2 aromatic carbocycles. The van der Waals surface area contributed by atoms with E-state index in [2.05, 4.69) is 10.9 Å². The Hall–Kier alpha value is -2.91. The molecule has 1 atom stereocenters. The number of carbonyl (C=O) groups is 3. The largest absolute Gasteiger partial charge is 0.416 e. The number of imide groups is 1. The lowest BCUT2D eigenvalue weighted by Crippen LogP contribution is -2.48. The number of nitrogens with one attached hydrogen (secondary N) is 2. The van der Waals surface area contributed by atoms with Crippen LogP contribution in [0.4, 0.5) is 18.9 Å². The van der Waals surface area contributed by atoms with Crippen LogP contribution in [0.15, 0.2) is 48.5 Å². The van der Waals surface area contributed by atoms with Gasteiger partial charge in [-0.25, -0.2) is 10.3 Å². The smallest absolute Gasteiger partial charge is 0.287 e. The number of hydrogen-bond donors (Lipinski definition) is 2. The van der Waals surface area contributed by atoms with Crippen molar-refractivity contribution in [3.8, 4) is 0 Å². The summed E-state index contributed by atoms with van der Waals surface area (Å²) < 4.78 is 38.6. The summed E-state index contributed by atoms with van der Waals surface area (Å²) in [6.45, 7) is 0. The average molecular weight is 412 g/mol. The van der Waals surface area contributed by atoms with Gasteiger partial charge in [0.05, 0.1) is 28.3 Å². The number of hydrogen-bond acceptors (Lipinski definition) is 4. The number of nitrogens with zero attached hydrogens (tertiary/aromatic N) is 1. The first-order valence-electron chi connectivity index (χ1n) is 8.03. The van der Waals surface area contributed by atoms with Gasteiger partial charge in [-0.1, -0.05) is 29.8 Å². The van der Waals surface area contributed by atoms with Gasteiger partial charge in [0.2, 0.25) is 5.91 Å². The third-order valence-corrected chi connectivity index (χ3v) is 4.39. The van der Waals surface area contributed by atoms with Crippen LogP contribution in [0.5, 0.6) is 0 Å². The van der Waals surface area contributed by atoms with Gasteiger partial charge in [-0.2, -0.15) is 13.2 Å². The van der Waals surface area contributed by atoms with Crippen molar-refractivity contribution in [2.24, 2.45) is 0 Å². The van der Waals surface area contributed by atoms with Crippen molar-refractivity contribution in [1.29, 1.82) is 0 Å². The zero-order chi connectivity index (χ0) is 20.5. The zero-order valence-electron chi connectivity index (χ0n) is 14.1. The van der Waals surface area contributed by atoms with Crippen LogP contribution in [-0.4, -0.2) is 23.8 Å². The van der Waals surface area contributed by atoms with E-state index in [1.165, 1.54) is 18.2 Å². The molecule has 1 saturated heterocycles. The highest BCUT2D eigenvalue weighted by atomic mass is 35.5. The van der Waals surface area contributed by atoms with E-state index < -0.39 is 35.5 Å². The molecule has 2 aromatic rings. The predicted octanol–water partition coefficient (Wildman–Crippen LogP) is 2.93. The van der Waals surface area contributed by atoms with Crippen molar-refractivity contribution < 1.29 is 27.6 Å². The molecule has 0 radical (unpaired) electrons. The lowest BCUT2D eigenvalue weighted by molar-refractivity contribution is -0.137. The van der Waals surface area contributed by atoms with Crippen LogP contribution < -0.4 is 15.8 Å². The zero-order valence-corrected chi connectivity index (χ0v) is 14.8. The second-order valence-corrected chi connectivity index (χ2v) is 6.36. The highest BCUT2D eigenvalue weighted by molar-refractivity contribution is 6.33. The summed E-state index contributed by atoms with van der Waals surface area (Å²) in [6, 6.07) is 9.00. The van der Waals surface area contributed by atoms with E-state index >= 15 is 0 Å². The third-order valence-electron chi connectivity index (χ3n) is 4.06. The number of amides is 3. The van der Waals surface area contributed by atoms with Crippen LogP contribution in [0.2, 0.25) is 5.02 Å². The van der Waals surface area contributed by atoms with E-state index in [0.29, 0.717) is 4.90 Å². The first kappa shape index (κ1) is 19.8. The summed E-state index contributed by atoms with van der Waals surface area (Å²) in [5.41, 5.74) is 3.72. The number of anilines is 1. The SMILES string of the molecule is O=C(NNC1CC(=O)N(c2cccc(C(F)(F)F)c2)C1=O)c1ccccc1Cl. The molecular weight excluding hydrogens is 399 g/mol. The second-order valence-electron chi connectivity index (χ2n) is 5.95. The molecule has 1 aliphatic heterocycles. The Morgan fingerprint density at radius 2 is 1.82 bits per heavy atom. The van der Waals surface area contributed by atoms with E-state index in [1.807, 2.05) is 0 Å². The standard InChI is InChI=1S/C18H13ClF3N3O3/c19-13-7-2-1-6-12(13)16(27)24-23-14-9-15(26)25(17(14)28)11-5-3-4-10(8-11)18(20,21)22/h1-8,14,23H,9H2,(H,24,27). The van der Waals surface area contributed by atoms with Crippen molar-refractivity contribution in [2.75, 3.05) is 4.90 Å². The summed E-state index contributed by atoms with van der Waals surface area (Å²) in [4.78, 5) is 37.4. The van der Waals surface area contributed by atoms with Gasteiger partial charge in [-0.3, -0.25) is 19.8 Å². The highest BCUT2D eigenvalue weighted by Crippen LogP contribution is 2.33. The van der Waals surface area contributed by atoms with E-state index in [-0.39, 0.29) is 22.7 Å². The molecule has 3 amide bonds. The fourth-order valence-electron chi connectivity index (χ4n) is 2.70. The summed E-state index contributed by atoms with van der Waals surface area (Å²) in [5, 5.41) is 0.196. The molecule has 0 spiro atoms. The molecule has 146 valence electrons. The molecule has 0 aliphatic carbocycles. The quantitative estimate of drug-likeness (QED) is 0.599. The maximum Gasteiger partial charge on any atom is 0.416 e. The Morgan fingerprint density at radius 3 is 2.50 bits per heavy atom. The average Bonchev–Trinajstić information content (AvgIpc) is 2.93. The molecule has 2 N–H and O–H groups in total. The van der Waals surface area contributed by atoms with Gasteiger partial charge in [0.25, 0.3) is 11.8 Å². The lowest BCUT2D eigenvalue weighted by Gasteiger charge is -2.17. The second kappa shape index (κ2) is 7.61. The van der Waals surface area contributed by atoms with E-state index in [0.717, 1.165) is 18.2 Å². The molecule has 0 aromatic heterocycles. The molecule has 10 heteroatoms. The Balaban J connectivity index is 1.72. The van der Waals surface area contributed by atoms with Crippen LogP contribution in [0, 0.1) is 0 Å². The topological polar surface area (TPSA) is 78.5 Å². The maximum absolute atomic E-state index is 12.9. The molecule has 1 fully saturated rings. The Morgan fingerprint density at radius 1 is 1.11 bits per heavy atom. The molecule has 1 unspecified atom stereocenters. The van der Waals surface area contributed by atoms with Gasteiger partial charge in [0.15, 0.2) is 0 Å². The fraction of sp³-hybridized carbons (Fsp3) is 0.167. The number of halogens is 4. The molecule has 6 nitrogen and oxygen atoms in total. The number of hydrazine groups is 1. The van der Waals surface area contributed by atoms with E-state index in [9.17, 15) is 27.6 Å². The maximum atomic E-state index is 12.9. The molecule has 28 heavy (non-hydrogen) atoms. The monoisotopic (exact) mass is 411 g/mol. The normalized spacial score (nSPS) is 17.1. The number of alkyl halides is 3. The Labute approximate surface area is 162 Å². The lowest BCUT2D eigenvalue weighted by atomic mass is 10.2. The first-order chi connectivity index (χ1) is 13.2. The van der Waals surface area contributed by atoms with Crippen molar-refractivity contribution >= 4 is 35.0 Å². The molecular formula is C18H13ClF3N3O3. The molecule has 1 aliphatic rings.